The number of nitrogens with two attached hydrogens (primary N) is 1. The van der Waals surface area contributed by atoms with Crippen LogP contribution in [0.1, 0.15) is 29.3 Å². The van der Waals surface area contributed by atoms with E-state index in [1.54, 1.807) is 11.3 Å². The van der Waals surface area contributed by atoms with Gasteiger partial charge in [-0.05, 0) is 25.8 Å². The van der Waals surface area contributed by atoms with Gasteiger partial charge in [-0.15, -0.1) is 11.3 Å². The second-order valence-electron chi connectivity index (χ2n) is 4.39. The Morgan fingerprint density at radius 3 is 2.71 bits per heavy atom. The number of thiazole rings is 1. The minimum atomic E-state index is 0.670. The molecule has 0 aliphatic carbocycles. The van der Waals surface area contributed by atoms with Crippen LogP contribution in [0.15, 0.2) is 18.2 Å². The van der Waals surface area contributed by atoms with E-state index in [1.165, 1.54) is 21.6 Å². The van der Waals surface area contributed by atoms with Crippen LogP contribution >= 0.6 is 11.3 Å². The van der Waals surface area contributed by atoms with Crippen LogP contribution < -0.4 is 5.73 Å². The quantitative estimate of drug-likeness (QED) is 0.890. The lowest BCUT2D eigenvalue weighted by Gasteiger charge is -2.06. The molecular formula is C14H18N2S. The summed E-state index contributed by atoms with van der Waals surface area (Å²) in [4.78, 5) is 5.79. The Bertz CT molecular complexity index is 529. The summed E-state index contributed by atoms with van der Waals surface area (Å²) in [5.41, 5.74) is 10.7. The first kappa shape index (κ1) is 12.1. The van der Waals surface area contributed by atoms with Crippen LogP contribution in [0.25, 0.3) is 11.3 Å². The lowest BCUT2D eigenvalue weighted by Crippen LogP contribution is -1.90. The van der Waals surface area contributed by atoms with E-state index in [4.69, 9.17) is 5.73 Å². The monoisotopic (exact) mass is 246 g/mol. The topological polar surface area (TPSA) is 38.9 Å². The first-order chi connectivity index (χ1) is 8.11. The van der Waals surface area contributed by atoms with Gasteiger partial charge in [0.1, 0.15) is 0 Å². The standard InChI is InChI=1S/C14H18N2S/c1-4-5-12-13(16-14(15)17-12)11-7-6-9(2)8-10(11)3/h6-8H,4-5H2,1-3H3,(H2,15,16). The van der Waals surface area contributed by atoms with Crippen LogP contribution in [-0.2, 0) is 6.42 Å². The van der Waals surface area contributed by atoms with Crippen LogP contribution in [-0.4, -0.2) is 4.98 Å². The van der Waals surface area contributed by atoms with E-state index in [0.29, 0.717) is 5.13 Å². The molecule has 1 heterocycles. The normalized spacial score (nSPS) is 10.8. The Morgan fingerprint density at radius 2 is 2.06 bits per heavy atom. The summed E-state index contributed by atoms with van der Waals surface area (Å²) in [7, 11) is 0. The first-order valence-corrected chi connectivity index (χ1v) is 6.76. The van der Waals surface area contributed by atoms with Gasteiger partial charge in [-0.25, -0.2) is 4.98 Å². The Hall–Kier alpha value is -1.35. The summed E-state index contributed by atoms with van der Waals surface area (Å²) in [6.07, 6.45) is 2.18. The van der Waals surface area contributed by atoms with Gasteiger partial charge in [0.2, 0.25) is 0 Å². The van der Waals surface area contributed by atoms with Gasteiger partial charge in [0, 0.05) is 10.4 Å². The molecule has 0 bridgehead atoms. The number of nitrogens with zero attached hydrogens (tertiary/aromatic N) is 1. The highest BCUT2D eigenvalue weighted by Crippen LogP contribution is 2.32. The number of nitrogen functional groups attached to an aromatic ring is 1. The molecule has 0 atom stereocenters. The highest BCUT2D eigenvalue weighted by atomic mass is 32.1. The fourth-order valence-electron chi connectivity index (χ4n) is 2.06. The van der Waals surface area contributed by atoms with E-state index in [2.05, 4.69) is 44.0 Å². The van der Waals surface area contributed by atoms with Crippen molar-refractivity contribution < 1.29 is 0 Å². The average molecular weight is 246 g/mol. The first-order valence-electron chi connectivity index (χ1n) is 5.94. The molecule has 2 aromatic rings. The van der Waals surface area contributed by atoms with Crippen molar-refractivity contribution in [2.75, 3.05) is 5.73 Å². The molecule has 0 spiro atoms. The highest BCUT2D eigenvalue weighted by Gasteiger charge is 2.12. The Balaban J connectivity index is 2.51. The molecule has 0 radical (unpaired) electrons. The van der Waals surface area contributed by atoms with Crippen molar-refractivity contribution in [2.24, 2.45) is 0 Å². The molecule has 0 amide bonds. The lowest BCUT2D eigenvalue weighted by molar-refractivity contribution is 0.938. The average Bonchev–Trinajstić information content (AvgIpc) is 2.60. The van der Waals surface area contributed by atoms with Crippen molar-refractivity contribution in [3.63, 3.8) is 0 Å². The van der Waals surface area contributed by atoms with Crippen LogP contribution in [0.5, 0.6) is 0 Å². The molecule has 17 heavy (non-hydrogen) atoms. The summed E-state index contributed by atoms with van der Waals surface area (Å²) in [5, 5.41) is 0.670. The van der Waals surface area contributed by atoms with E-state index < -0.39 is 0 Å². The van der Waals surface area contributed by atoms with Gasteiger partial charge >= 0.3 is 0 Å². The van der Waals surface area contributed by atoms with Crippen LogP contribution in [0.3, 0.4) is 0 Å². The molecule has 2 rings (SSSR count). The third-order valence-electron chi connectivity index (χ3n) is 2.83. The van der Waals surface area contributed by atoms with Crippen molar-refractivity contribution in [3.8, 4) is 11.3 Å². The maximum atomic E-state index is 5.83. The van der Waals surface area contributed by atoms with Gasteiger partial charge in [0.05, 0.1) is 5.69 Å². The Morgan fingerprint density at radius 1 is 1.29 bits per heavy atom. The smallest absolute Gasteiger partial charge is 0.180 e. The molecular weight excluding hydrogens is 228 g/mol. The minimum Gasteiger partial charge on any atom is -0.375 e. The van der Waals surface area contributed by atoms with E-state index in [1.807, 2.05) is 0 Å². The fourth-order valence-corrected chi connectivity index (χ4v) is 3.00. The SMILES string of the molecule is CCCc1sc(N)nc1-c1ccc(C)cc1C. The van der Waals surface area contributed by atoms with Crippen molar-refractivity contribution >= 4 is 16.5 Å². The zero-order valence-corrected chi connectivity index (χ0v) is 11.4. The van der Waals surface area contributed by atoms with Gasteiger partial charge < -0.3 is 5.73 Å². The van der Waals surface area contributed by atoms with Crippen molar-refractivity contribution in [2.45, 2.75) is 33.6 Å². The molecule has 0 fully saturated rings. The van der Waals surface area contributed by atoms with E-state index in [-0.39, 0.29) is 0 Å². The number of aromatic nitrogens is 1. The number of benzene rings is 1. The highest BCUT2D eigenvalue weighted by molar-refractivity contribution is 7.15. The summed E-state index contributed by atoms with van der Waals surface area (Å²) >= 11 is 1.61. The van der Waals surface area contributed by atoms with Gasteiger partial charge in [-0.3, -0.25) is 0 Å². The molecule has 1 aromatic heterocycles. The zero-order valence-electron chi connectivity index (χ0n) is 10.6. The summed E-state index contributed by atoms with van der Waals surface area (Å²) in [6.45, 7) is 6.43. The van der Waals surface area contributed by atoms with Crippen molar-refractivity contribution in [3.05, 3.63) is 34.2 Å². The molecule has 2 nitrogen and oxygen atoms in total. The molecule has 0 saturated carbocycles. The van der Waals surface area contributed by atoms with Gasteiger partial charge in [0.15, 0.2) is 5.13 Å². The minimum absolute atomic E-state index is 0.670. The predicted octanol–water partition coefficient (Wildman–Crippen LogP) is 3.96. The van der Waals surface area contributed by atoms with E-state index in [9.17, 15) is 0 Å². The maximum absolute atomic E-state index is 5.83. The van der Waals surface area contributed by atoms with Crippen molar-refractivity contribution in [1.29, 1.82) is 0 Å². The number of hydrogen-bond acceptors (Lipinski definition) is 3. The third kappa shape index (κ3) is 2.50. The third-order valence-corrected chi connectivity index (χ3v) is 3.77. The Labute approximate surface area is 107 Å². The molecule has 0 unspecified atom stereocenters. The molecule has 0 aliphatic rings. The summed E-state index contributed by atoms with van der Waals surface area (Å²) in [5.74, 6) is 0. The largest absolute Gasteiger partial charge is 0.375 e. The molecule has 3 heteroatoms. The van der Waals surface area contributed by atoms with Crippen LogP contribution in [0.4, 0.5) is 5.13 Å². The van der Waals surface area contributed by atoms with Gasteiger partial charge in [-0.2, -0.15) is 0 Å². The Kier molecular flexibility index (Phi) is 3.48. The van der Waals surface area contributed by atoms with Crippen LogP contribution in [0.2, 0.25) is 0 Å². The van der Waals surface area contributed by atoms with Crippen molar-refractivity contribution in [1.82, 2.24) is 4.98 Å². The molecule has 1 aromatic carbocycles. The second-order valence-corrected chi connectivity index (χ2v) is 5.51. The molecule has 90 valence electrons. The fraction of sp³-hybridized carbons (Fsp3) is 0.357. The number of aryl methyl sites for hydroxylation is 3. The number of hydrogen-bond donors (Lipinski definition) is 1. The zero-order chi connectivity index (χ0) is 12.4. The number of anilines is 1. The van der Waals surface area contributed by atoms with Gasteiger partial charge in [-0.1, -0.05) is 37.1 Å². The number of rotatable bonds is 3. The predicted molar refractivity (Wildman–Crippen MR) is 75.4 cm³/mol. The lowest BCUT2D eigenvalue weighted by atomic mass is 10.0. The molecule has 2 N–H and O–H groups in total. The van der Waals surface area contributed by atoms with Gasteiger partial charge in [0.25, 0.3) is 0 Å². The van der Waals surface area contributed by atoms with E-state index in [0.717, 1.165) is 18.5 Å². The summed E-state index contributed by atoms with van der Waals surface area (Å²) < 4.78 is 0. The second kappa shape index (κ2) is 4.88. The maximum Gasteiger partial charge on any atom is 0.180 e. The molecule has 0 aliphatic heterocycles. The summed E-state index contributed by atoms with van der Waals surface area (Å²) in [6, 6.07) is 6.48. The van der Waals surface area contributed by atoms with Crippen LogP contribution in [0, 0.1) is 13.8 Å². The molecule has 0 saturated heterocycles. The van der Waals surface area contributed by atoms with E-state index >= 15 is 0 Å².